The molecule has 1 aromatic rings. The van der Waals surface area contributed by atoms with E-state index in [0.717, 1.165) is 12.3 Å². The molecule has 1 saturated heterocycles. The van der Waals surface area contributed by atoms with Gasteiger partial charge in [0.2, 0.25) is 0 Å². The van der Waals surface area contributed by atoms with E-state index in [0.29, 0.717) is 12.1 Å². The van der Waals surface area contributed by atoms with Crippen LogP contribution in [-0.2, 0) is 6.54 Å². The smallest absolute Gasteiger partial charge is 0.123 e. The normalized spacial score (nSPS) is 25.4. The molecule has 1 heterocycles. The molecule has 0 bridgehead atoms. The third-order valence-corrected chi connectivity index (χ3v) is 4.56. The van der Waals surface area contributed by atoms with Crippen molar-refractivity contribution >= 4 is 0 Å². The molecule has 1 aromatic carbocycles. The molecule has 0 aromatic heterocycles. The molecule has 0 radical (unpaired) electrons. The summed E-state index contributed by atoms with van der Waals surface area (Å²) in [5, 5.41) is 0. The molecule has 2 N–H and O–H groups in total. The van der Waals surface area contributed by atoms with Crippen molar-refractivity contribution in [3.8, 4) is 5.75 Å². The van der Waals surface area contributed by atoms with Crippen LogP contribution < -0.4 is 10.5 Å². The topological polar surface area (TPSA) is 38.5 Å². The van der Waals surface area contributed by atoms with E-state index < -0.39 is 0 Å². The van der Waals surface area contributed by atoms with Crippen molar-refractivity contribution in [1.82, 2.24) is 4.90 Å². The van der Waals surface area contributed by atoms with Crippen molar-refractivity contribution in [2.45, 2.75) is 64.7 Å². The summed E-state index contributed by atoms with van der Waals surface area (Å²) in [6.07, 6.45) is 3.93. The van der Waals surface area contributed by atoms with E-state index in [1.807, 2.05) is 13.0 Å². The Bertz CT molecular complexity index is 435. The van der Waals surface area contributed by atoms with Gasteiger partial charge in [0, 0.05) is 30.2 Å². The van der Waals surface area contributed by atoms with Gasteiger partial charge in [0.25, 0.3) is 0 Å². The van der Waals surface area contributed by atoms with Gasteiger partial charge in [-0.25, -0.2) is 0 Å². The lowest BCUT2D eigenvalue weighted by Crippen LogP contribution is -2.43. The van der Waals surface area contributed by atoms with E-state index in [1.54, 1.807) is 7.11 Å². The van der Waals surface area contributed by atoms with Crippen molar-refractivity contribution in [1.29, 1.82) is 0 Å². The molecule has 0 spiro atoms. The Balaban J connectivity index is 2.24. The van der Waals surface area contributed by atoms with E-state index in [9.17, 15) is 0 Å². The third kappa shape index (κ3) is 3.33. The summed E-state index contributed by atoms with van der Waals surface area (Å²) in [7, 11) is 1.74. The Kier molecular flexibility index (Phi) is 5.06. The first kappa shape index (κ1) is 15.3. The highest BCUT2D eigenvalue weighted by molar-refractivity contribution is 5.38. The second-order valence-corrected chi connectivity index (χ2v) is 6.16. The van der Waals surface area contributed by atoms with Crippen LogP contribution in [0.3, 0.4) is 0 Å². The number of benzene rings is 1. The number of nitrogens with two attached hydrogens (primary N) is 1. The fourth-order valence-corrected chi connectivity index (χ4v) is 3.19. The van der Waals surface area contributed by atoms with Crippen LogP contribution in [0.25, 0.3) is 0 Å². The first-order valence-corrected chi connectivity index (χ1v) is 7.71. The van der Waals surface area contributed by atoms with Crippen LogP contribution in [-0.4, -0.2) is 24.1 Å². The summed E-state index contributed by atoms with van der Waals surface area (Å²) in [4.78, 5) is 2.59. The fourth-order valence-electron chi connectivity index (χ4n) is 3.19. The zero-order valence-corrected chi connectivity index (χ0v) is 13.2. The second-order valence-electron chi connectivity index (χ2n) is 6.16. The standard InChI is InChI=1S/C17H28N2O/c1-12-6-5-7-13(2)19(12)11-16-10-15(14(3)18)8-9-17(16)20-4/h8-10,12-14H,5-7,11,18H2,1-4H3. The number of rotatable bonds is 4. The molecule has 3 nitrogen and oxygen atoms in total. The molecule has 1 aliphatic rings. The van der Waals surface area contributed by atoms with Gasteiger partial charge in [-0.3, -0.25) is 4.90 Å². The average molecular weight is 276 g/mol. The highest BCUT2D eigenvalue weighted by Gasteiger charge is 2.25. The van der Waals surface area contributed by atoms with Crippen molar-refractivity contribution in [2.75, 3.05) is 7.11 Å². The maximum atomic E-state index is 6.01. The van der Waals surface area contributed by atoms with Crippen LogP contribution in [0.1, 0.15) is 57.2 Å². The maximum Gasteiger partial charge on any atom is 0.123 e. The summed E-state index contributed by atoms with van der Waals surface area (Å²) in [5.74, 6) is 0.972. The Morgan fingerprint density at radius 3 is 2.50 bits per heavy atom. The molecule has 3 heteroatoms. The van der Waals surface area contributed by atoms with Gasteiger partial charge in [0.05, 0.1) is 7.11 Å². The van der Waals surface area contributed by atoms with E-state index in [1.165, 1.54) is 30.4 Å². The van der Waals surface area contributed by atoms with E-state index >= 15 is 0 Å². The SMILES string of the molecule is COc1ccc(C(C)N)cc1CN1C(C)CCCC1C. The Morgan fingerprint density at radius 2 is 1.95 bits per heavy atom. The fraction of sp³-hybridized carbons (Fsp3) is 0.647. The van der Waals surface area contributed by atoms with Crippen molar-refractivity contribution in [3.05, 3.63) is 29.3 Å². The van der Waals surface area contributed by atoms with Gasteiger partial charge in [0.1, 0.15) is 5.75 Å². The molecule has 112 valence electrons. The maximum absolute atomic E-state index is 6.01. The minimum absolute atomic E-state index is 0.0656. The number of nitrogens with zero attached hydrogens (tertiary/aromatic N) is 1. The summed E-state index contributed by atoms with van der Waals surface area (Å²) in [6, 6.07) is 7.67. The zero-order valence-electron chi connectivity index (χ0n) is 13.2. The Morgan fingerprint density at radius 1 is 1.30 bits per heavy atom. The molecule has 0 saturated carbocycles. The zero-order chi connectivity index (χ0) is 14.7. The van der Waals surface area contributed by atoms with Crippen LogP contribution in [0.5, 0.6) is 5.75 Å². The quantitative estimate of drug-likeness (QED) is 0.915. The largest absolute Gasteiger partial charge is 0.496 e. The minimum Gasteiger partial charge on any atom is -0.496 e. The molecular weight excluding hydrogens is 248 g/mol. The van der Waals surface area contributed by atoms with Gasteiger partial charge in [-0.15, -0.1) is 0 Å². The van der Waals surface area contributed by atoms with E-state index in [4.69, 9.17) is 10.5 Å². The van der Waals surface area contributed by atoms with Gasteiger partial charge in [0.15, 0.2) is 0 Å². The Labute approximate surface area is 123 Å². The number of ether oxygens (including phenoxy) is 1. The summed E-state index contributed by atoms with van der Waals surface area (Å²) in [5.41, 5.74) is 8.44. The van der Waals surface area contributed by atoms with Gasteiger partial charge < -0.3 is 10.5 Å². The number of hydrogen-bond donors (Lipinski definition) is 1. The van der Waals surface area contributed by atoms with Gasteiger partial charge in [-0.05, 0) is 51.3 Å². The van der Waals surface area contributed by atoms with E-state index in [-0.39, 0.29) is 6.04 Å². The number of likely N-dealkylation sites (tertiary alicyclic amines) is 1. The molecular formula is C17H28N2O. The minimum atomic E-state index is 0.0656. The summed E-state index contributed by atoms with van der Waals surface area (Å²) >= 11 is 0. The molecule has 3 unspecified atom stereocenters. The number of hydrogen-bond acceptors (Lipinski definition) is 3. The lowest BCUT2D eigenvalue weighted by atomic mass is 9.96. The molecule has 2 rings (SSSR count). The number of methoxy groups -OCH3 is 1. The molecule has 1 aliphatic heterocycles. The van der Waals surface area contributed by atoms with Crippen LogP contribution in [0.15, 0.2) is 18.2 Å². The first-order valence-electron chi connectivity index (χ1n) is 7.71. The van der Waals surface area contributed by atoms with Crippen LogP contribution in [0.2, 0.25) is 0 Å². The van der Waals surface area contributed by atoms with E-state index in [2.05, 4.69) is 30.9 Å². The predicted octanol–water partition coefficient (Wildman–Crippen LogP) is 3.48. The van der Waals surface area contributed by atoms with Crippen LogP contribution in [0.4, 0.5) is 0 Å². The van der Waals surface area contributed by atoms with Crippen LogP contribution >= 0.6 is 0 Å². The highest BCUT2D eigenvalue weighted by Crippen LogP contribution is 2.29. The molecule has 0 amide bonds. The highest BCUT2D eigenvalue weighted by atomic mass is 16.5. The average Bonchev–Trinajstić information content (AvgIpc) is 2.42. The molecule has 0 aliphatic carbocycles. The summed E-state index contributed by atoms with van der Waals surface area (Å²) in [6.45, 7) is 7.64. The monoisotopic (exact) mass is 276 g/mol. The Hall–Kier alpha value is -1.06. The van der Waals surface area contributed by atoms with Gasteiger partial charge in [-0.2, -0.15) is 0 Å². The predicted molar refractivity (Wildman–Crippen MR) is 83.9 cm³/mol. The van der Waals surface area contributed by atoms with Crippen molar-refractivity contribution < 1.29 is 4.74 Å². The second kappa shape index (κ2) is 6.59. The molecule has 20 heavy (non-hydrogen) atoms. The molecule has 1 fully saturated rings. The number of piperidine rings is 1. The van der Waals surface area contributed by atoms with Crippen LogP contribution in [0, 0.1) is 0 Å². The van der Waals surface area contributed by atoms with Gasteiger partial charge >= 0.3 is 0 Å². The van der Waals surface area contributed by atoms with Crippen molar-refractivity contribution in [2.24, 2.45) is 5.73 Å². The van der Waals surface area contributed by atoms with Gasteiger partial charge in [-0.1, -0.05) is 12.5 Å². The lowest BCUT2D eigenvalue weighted by molar-refractivity contribution is 0.0943. The first-order chi connectivity index (χ1) is 9.52. The van der Waals surface area contributed by atoms with Crippen molar-refractivity contribution in [3.63, 3.8) is 0 Å². The third-order valence-electron chi connectivity index (χ3n) is 4.56. The summed E-state index contributed by atoms with van der Waals surface area (Å²) < 4.78 is 5.52. The lowest BCUT2D eigenvalue weighted by Gasteiger charge is -2.39. The molecule has 3 atom stereocenters.